The maximum atomic E-state index is 12.5. The highest BCUT2D eigenvalue weighted by molar-refractivity contribution is 6.05. The first-order valence-electron chi connectivity index (χ1n) is 8.16. The molecule has 0 spiro atoms. The number of anilines is 1. The number of hydrogen-bond acceptors (Lipinski definition) is 3. The van der Waals surface area contributed by atoms with E-state index in [2.05, 4.69) is 15.3 Å². The minimum atomic E-state index is -0.459. The molecule has 0 aliphatic carbocycles. The lowest BCUT2D eigenvalue weighted by atomic mass is 10.1. The number of fused-ring (bicyclic) bond motifs is 1. The molecule has 0 aliphatic rings. The maximum Gasteiger partial charge on any atom is 0.261 e. The molecular weight excluding hydrogens is 328 g/mol. The summed E-state index contributed by atoms with van der Waals surface area (Å²) in [7, 11) is 0. The lowest BCUT2D eigenvalue weighted by molar-refractivity contribution is 0.102. The van der Waals surface area contributed by atoms with E-state index in [4.69, 9.17) is 0 Å². The molecule has 0 saturated carbocycles. The van der Waals surface area contributed by atoms with Gasteiger partial charge in [-0.25, -0.2) is 4.98 Å². The molecule has 0 saturated heterocycles. The van der Waals surface area contributed by atoms with E-state index >= 15 is 0 Å². The van der Waals surface area contributed by atoms with Crippen LogP contribution < -0.4 is 10.9 Å². The number of aromatic nitrogens is 3. The zero-order valence-corrected chi connectivity index (χ0v) is 14.1. The van der Waals surface area contributed by atoms with Crippen molar-refractivity contribution in [2.24, 2.45) is 0 Å². The first-order valence-corrected chi connectivity index (χ1v) is 8.16. The Kier molecular flexibility index (Phi) is 3.85. The third-order valence-electron chi connectivity index (χ3n) is 4.19. The van der Waals surface area contributed by atoms with Gasteiger partial charge in [0.05, 0.1) is 11.4 Å². The number of H-pyrrole nitrogens is 1. The van der Waals surface area contributed by atoms with Gasteiger partial charge in [0.25, 0.3) is 11.5 Å². The van der Waals surface area contributed by atoms with Crippen LogP contribution in [-0.2, 0) is 0 Å². The van der Waals surface area contributed by atoms with Crippen LogP contribution in [0.4, 0.5) is 5.69 Å². The van der Waals surface area contributed by atoms with Gasteiger partial charge in [0.1, 0.15) is 11.2 Å². The molecule has 2 N–H and O–H groups in total. The summed E-state index contributed by atoms with van der Waals surface area (Å²) >= 11 is 0. The maximum absolute atomic E-state index is 12.5. The molecule has 0 atom stereocenters. The Hall–Kier alpha value is -3.67. The number of para-hydroxylation sites is 1. The van der Waals surface area contributed by atoms with E-state index in [9.17, 15) is 9.59 Å². The van der Waals surface area contributed by atoms with E-state index in [-0.39, 0.29) is 5.56 Å². The zero-order chi connectivity index (χ0) is 18.1. The Morgan fingerprint density at radius 2 is 1.96 bits per heavy atom. The number of amides is 1. The van der Waals surface area contributed by atoms with Gasteiger partial charge in [0, 0.05) is 24.2 Å². The molecule has 1 aromatic carbocycles. The Balaban J connectivity index is 1.75. The molecule has 26 heavy (non-hydrogen) atoms. The van der Waals surface area contributed by atoms with Gasteiger partial charge >= 0.3 is 0 Å². The predicted octanol–water partition coefficient (Wildman–Crippen LogP) is 3.25. The van der Waals surface area contributed by atoms with Crippen molar-refractivity contribution in [1.82, 2.24) is 14.4 Å². The summed E-state index contributed by atoms with van der Waals surface area (Å²) in [6, 6.07) is 14.5. The number of aryl methyl sites for hydroxylation is 1. The molecule has 4 aromatic rings. The van der Waals surface area contributed by atoms with Crippen molar-refractivity contribution >= 4 is 17.2 Å². The van der Waals surface area contributed by atoms with Crippen LogP contribution in [0.2, 0.25) is 0 Å². The van der Waals surface area contributed by atoms with Crippen molar-refractivity contribution in [3.63, 3.8) is 0 Å². The largest absolute Gasteiger partial charge is 0.328 e. The molecule has 6 nitrogen and oxygen atoms in total. The molecular formula is C20H16N4O2. The van der Waals surface area contributed by atoms with Crippen molar-refractivity contribution < 1.29 is 4.79 Å². The minimum Gasteiger partial charge on any atom is -0.328 e. The van der Waals surface area contributed by atoms with Crippen LogP contribution in [0.1, 0.15) is 15.9 Å². The quantitative estimate of drug-likeness (QED) is 0.599. The number of imidazole rings is 1. The lowest BCUT2D eigenvalue weighted by Gasteiger charge is -2.09. The standard InChI is InChI=1S/C20H16N4O2/c1-13-6-5-11-24-12-17(22-18(13)24)14-7-2-3-9-16(14)23-20(26)15-8-4-10-21-19(15)25/h2-12H,1H3,(H,21,25)(H,23,26). The van der Waals surface area contributed by atoms with Gasteiger partial charge in [0.15, 0.2) is 0 Å². The second-order valence-electron chi connectivity index (χ2n) is 5.96. The summed E-state index contributed by atoms with van der Waals surface area (Å²) in [5.74, 6) is -0.459. The predicted molar refractivity (Wildman–Crippen MR) is 100 cm³/mol. The summed E-state index contributed by atoms with van der Waals surface area (Å²) in [6.07, 6.45) is 5.35. The number of nitrogens with zero attached hydrogens (tertiary/aromatic N) is 2. The number of rotatable bonds is 3. The smallest absolute Gasteiger partial charge is 0.261 e. The van der Waals surface area contributed by atoms with Gasteiger partial charge < -0.3 is 14.7 Å². The SMILES string of the molecule is Cc1cccn2cc(-c3ccccc3NC(=O)c3ccc[nH]c3=O)nc12. The van der Waals surface area contributed by atoms with E-state index in [1.165, 1.54) is 12.3 Å². The van der Waals surface area contributed by atoms with Gasteiger partial charge in [-0.15, -0.1) is 0 Å². The number of pyridine rings is 2. The highest BCUT2D eigenvalue weighted by atomic mass is 16.2. The van der Waals surface area contributed by atoms with Crippen LogP contribution >= 0.6 is 0 Å². The molecule has 128 valence electrons. The number of aromatic amines is 1. The first kappa shape index (κ1) is 15.8. The summed E-state index contributed by atoms with van der Waals surface area (Å²) in [5.41, 5.74) is 3.70. The van der Waals surface area contributed by atoms with Crippen molar-refractivity contribution in [3.8, 4) is 11.3 Å². The Bertz CT molecular complexity index is 1170. The number of benzene rings is 1. The fourth-order valence-electron chi connectivity index (χ4n) is 2.89. The zero-order valence-electron chi connectivity index (χ0n) is 14.1. The lowest BCUT2D eigenvalue weighted by Crippen LogP contribution is -2.22. The van der Waals surface area contributed by atoms with Gasteiger partial charge in [-0.3, -0.25) is 9.59 Å². The highest BCUT2D eigenvalue weighted by Gasteiger charge is 2.14. The Morgan fingerprint density at radius 3 is 2.77 bits per heavy atom. The third-order valence-corrected chi connectivity index (χ3v) is 4.19. The average molecular weight is 344 g/mol. The number of carbonyl (C=O) groups is 1. The fraction of sp³-hybridized carbons (Fsp3) is 0.0500. The van der Waals surface area contributed by atoms with Gasteiger partial charge in [-0.1, -0.05) is 24.3 Å². The van der Waals surface area contributed by atoms with E-state index in [0.717, 1.165) is 22.5 Å². The van der Waals surface area contributed by atoms with E-state index in [1.807, 2.05) is 54.0 Å². The normalized spacial score (nSPS) is 10.8. The molecule has 1 amide bonds. The molecule has 6 heteroatoms. The van der Waals surface area contributed by atoms with Crippen LogP contribution in [0.5, 0.6) is 0 Å². The molecule has 0 fully saturated rings. The summed E-state index contributed by atoms with van der Waals surface area (Å²) in [5, 5.41) is 2.82. The Labute approximate surface area is 149 Å². The molecule has 0 radical (unpaired) electrons. The van der Waals surface area contributed by atoms with Gasteiger partial charge in [-0.05, 0) is 36.8 Å². The van der Waals surface area contributed by atoms with Crippen molar-refractivity contribution in [2.45, 2.75) is 6.92 Å². The van der Waals surface area contributed by atoms with Crippen molar-refractivity contribution in [2.75, 3.05) is 5.32 Å². The summed E-state index contributed by atoms with van der Waals surface area (Å²) in [6.45, 7) is 2.00. The van der Waals surface area contributed by atoms with E-state index in [0.29, 0.717) is 5.69 Å². The fourth-order valence-corrected chi connectivity index (χ4v) is 2.89. The summed E-state index contributed by atoms with van der Waals surface area (Å²) in [4.78, 5) is 31.5. The highest BCUT2D eigenvalue weighted by Crippen LogP contribution is 2.28. The molecule has 0 unspecified atom stereocenters. The number of carbonyl (C=O) groups excluding carboxylic acids is 1. The third kappa shape index (κ3) is 2.77. The van der Waals surface area contributed by atoms with Crippen molar-refractivity contribution in [1.29, 1.82) is 0 Å². The summed E-state index contributed by atoms with van der Waals surface area (Å²) < 4.78 is 1.95. The number of hydrogen-bond donors (Lipinski definition) is 2. The average Bonchev–Trinajstić information content (AvgIpc) is 3.08. The van der Waals surface area contributed by atoms with Crippen LogP contribution in [0.25, 0.3) is 16.9 Å². The second kappa shape index (κ2) is 6.33. The second-order valence-corrected chi connectivity index (χ2v) is 5.96. The minimum absolute atomic E-state index is 0.0631. The number of nitrogens with one attached hydrogen (secondary N) is 2. The van der Waals surface area contributed by atoms with Crippen molar-refractivity contribution in [3.05, 3.63) is 88.6 Å². The molecule has 0 aliphatic heterocycles. The van der Waals surface area contributed by atoms with Crippen LogP contribution in [-0.4, -0.2) is 20.3 Å². The monoisotopic (exact) mass is 344 g/mol. The van der Waals surface area contributed by atoms with Gasteiger partial charge in [0.2, 0.25) is 0 Å². The molecule has 3 heterocycles. The first-order chi connectivity index (χ1) is 12.6. The van der Waals surface area contributed by atoms with Gasteiger partial charge in [-0.2, -0.15) is 0 Å². The molecule has 4 rings (SSSR count). The van der Waals surface area contributed by atoms with E-state index < -0.39 is 11.5 Å². The van der Waals surface area contributed by atoms with E-state index in [1.54, 1.807) is 12.1 Å². The Morgan fingerprint density at radius 1 is 1.12 bits per heavy atom. The molecule has 0 bridgehead atoms. The topological polar surface area (TPSA) is 79.3 Å². The molecule has 3 aromatic heterocycles. The van der Waals surface area contributed by atoms with Crippen LogP contribution in [0.15, 0.2) is 71.9 Å². The van der Waals surface area contributed by atoms with Crippen LogP contribution in [0, 0.1) is 6.92 Å². The van der Waals surface area contributed by atoms with Crippen LogP contribution in [0.3, 0.4) is 0 Å².